The lowest BCUT2D eigenvalue weighted by molar-refractivity contribution is 0.465. The highest BCUT2D eigenvalue weighted by Gasteiger charge is 2.05. The summed E-state index contributed by atoms with van der Waals surface area (Å²) >= 11 is 5.80. The second-order valence-corrected chi connectivity index (χ2v) is 6.16. The van der Waals surface area contributed by atoms with E-state index in [0.717, 1.165) is 21.3 Å². The Hall–Kier alpha value is -0.750. The van der Waals surface area contributed by atoms with Crippen molar-refractivity contribution >= 4 is 44.2 Å². The minimum Gasteiger partial charge on any atom is -0.507 e. The lowest BCUT2D eigenvalue weighted by atomic mass is 10.1. The summed E-state index contributed by atoms with van der Waals surface area (Å²) < 4.78 is 2.21. The average Bonchev–Trinajstić information content (AvgIpc) is 2.33. The predicted octanol–water partition coefficient (Wildman–Crippen LogP) is 4.68. The third-order valence-corrected chi connectivity index (χ3v) is 4.05. The van der Waals surface area contributed by atoms with Gasteiger partial charge in [-0.05, 0) is 69.2 Å². The van der Waals surface area contributed by atoms with Gasteiger partial charge < -0.3 is 10.4 Å². The van der Waals surface area contributed by atoms with Gasteiger partial charge in [0, 0.05) is 25.8 Å². The molecule has 0 aliphatic carbocycles. The zero-order valence-corrected chi connectivity index (χ0v) is 13.6. The highest BCUT2D eigenvalue weighted by Crippen LogP contribution is 2.27. The molecule has 0 atom stereocenters. The Morgan fingerprint density at radius 1 is 1.28 bits per heavy atom. The summed E-state index contributed by atoms with van der Waals surface area (Å²) in [5.41, 5.74) is 2.83. The average molecular weight is 418 g/mol. The molecular weight excluding hydrogens is 405 g/mol. The van der Waals surface area contributed by atoms with E-state index in [-0.39, 0.29) is 0 Å². The van der Waals surface area contributed by atoms with Gasteiger partial charge in [-0.15, -0.1) is 0 Å². The molecule has 0 heterocycles. The van der Waals surface area contributed by atoms with Crippen molar-refractivity contribution in [3.05, 3.63) is 55.6 Å². The third kappa shape index (κ3) is 3.17. The van der Waals surface area contributed by atoms with Gasteiger partial charge in [0.1, 0.15) is 5.75 Å². The Morgan fingerprint density at radius 2 is 2.06 bits per heavy atom. The Kier molecular flexibility index (Phi) is 4.50. The normalized spacial score (nSPS) is 10.4. The molecule has 0 amide bonds. The van der Waals surface area contributed by atoms with Crippen LogP contribution in [0.1, 0.15) is 11.1 Å². The third-order valence-electron chi connectivity index (χ3n) is 2.72. The van der Waals surface area contributed by atoms with Gasteiger partial charge in [0.05, 0.1) is 0 Å². The van der Waals surface area contributed by atoms with E-state index in [9.17, 15) is 5.11 Å². The van der Waals surface area contributed by atoms with Crippen LogP contribution in [0, 0.1) is 10.5 Å². The Bertz CT molecular complexity index is 572. The van der Waals surface area contributed by atoms with Crippen LogP contribution in [0.5, 0.6) is 5.75 Å². The van der Waals surface area contributed by atoms with Crippen LogP contribution in [0.15, 0.2) is 40.9 Å². The van der Waals surface area contributed by atoms with Crippen molar-refractivity contribution in [3.8, 4) is 5.75 Å². The molecule has 94 valence electrons. The number of anilines is 1. The highest BCUT2D eigenvalue weighted by atomic mass is 127. The summed E-state index contributed by atoms with van der Waals surface area (Å²) in [5, 5.41) is 13.3. The fourth-order valence-corrected chi connectivity index (χ4v) is 3.12. The largest absolute Gasteiger partial charge is 0.507 e. The molecule has 0 fully saturated rings. The zero-order chi connectivity index (χ0) is 13.1. The summed E-state index contributed by atoms with van der Waals surface area (Å²) in [4.78, 5) is 0. The SMILES string of the molecule is Cc1cccc(CNc2ccc(I)cc2Br)c1O. The molecule has 0 aromatic heterocycles. The van der Waals surface area contributed by atoms with Crippen LogP contribution in [-0.4, -0.2) is 5.11 Å². The number of aryl methyl sites for hydroxylation is 1. The van der Waals surface area contributed by atoms with E-state index >= 15 is 0 Å². The first kappa shape index (κ1) is 13.7. The van der Waals surface area contributed by atoms with Crippen molar-refractivity contribution in [2.75, 3.05) is 5.32 Å². The van der Waals surface area contributed by atoms with Gasteiger partial charge in [-0.2, -0.15) is 0 Å². The minimum absolute atomic E-state index is 0.367. The molecule has 0 spiro atoms. The first-order valence-electron chi connectivity index (χ1n) is 5.54. The summed E-state index contributed by atoms with van der Waals surface area (Å²) in [7, 11) is 0. The van der Waals surface area contributed by atoms with Gasteiger partial charge in [-0.25, -0.2) is 0 Å². The quantitative estimate of drug-likeness (QED) is 0.710. The van der Waals surface area contributed by atoms with Crippen molar-refractivity contribution in [3.63, 3.8) is 0 Å². The number of benzene rings is 2. The first-order valence-corrected chi connectivity index (χ1v) is 7.41. The Labute approximate surface area is 129 Å². The van der Waals surface area contributed by atoms with Crippen molar-refractivity contribution < 1.29 is 5.11 Å². The minimum atomic E-state index is 0.367. The molecule has 0 radical (unpaired) electrons. The summed E-state index contributed by atoms with van der Waals surface area (Å²) in [6, 6.07) is 11.9. The lowest BCUT2D eigenvalue weighted by Crippen LogP contribution is -2.01. The Morgan fingerprint density at radius 3 is 2.78 bits per heavy atom. The number of para-hydroxylation sites is 1. The van der Waals surface area contributed by atoms with E-state index in [1.807, 2.05) is 37.3 Å². The molecule has 2 aromatic carbocycles. The lowest BCUT2D eigenvalue weighted by Gasteiger charge is -2.11. The van der Waals surface area contributed by atoms with Gasteiger partial charge in [0.25, 0.3) is 0 Å². The van der Waals surface area contributed by atoms with E-state index in [0.29, 0.717) is 12.3 Å². The number of phenolic OH excluding ortho intramolecular Hbond substituents is 1. The van der Waals surface area contributed by atoms with Crippen LogP contribution in [-0.2, 0) is 6.54 Å². The number of hydrogen-bond donors (Lipinski definition) is 2. The monoisotopic (exact) mass is 417 g/mol. The standard InChI is InChI=1S/C14H13BrINO/c1-9-3-2-4-10(14(9)18)8-17-13-6-5-11(16)7-12(13)15/h2-7,17-18H,8H2,1H3. The summed E-state index contributed by atoms with van der Waals surface area (Å²) in [5.74, 6) is 0.367. The summed E-state index contributed by atoms with van der Waals surface area (Å²) in [6.07, 6.45) is 0. The maximum Gasteiger partial charge on any atom is 0.123 e. The molecule has 2 N–H and O–H groups in total. The fraction of sp³-hybridized carbons (Fsp3) is 0.143. The van der Waals surface area contributed by atoms with Crippen LogP contribution >= 0.6 is 38.5 Å². The van der Waals surface area contributed by atoms with Gasteiger partial charge >= 0.3 is 0 Å². The van der Waals surface area contributed by atoms with E-state index in [1.165, 1.54) is 3.57 Å². The zero-order valence-electron chi connectivity index (χ0n) is 9.87. The molecule has 0 aliphatic heterocycles. The van der Waals surface area contributed by atoms with Crippen molar-refractivity contribution in [2.45, 2.75) is 13.5 Å². The van der Waals surface area contributed by atoms with Gasteiger partial charge in [-0.3, -0.25) is 0 Å². The topological polar surface area (TPSA) is 32.3 Å². The molecule has 0 saturated carbocycles. The van der Waals surface area contributed by atoms with Crippen molar-refractivity contribution in [1.29, 1.82) is 0 Å². The first-order chi connectivity index (χ1) is 8.58. The molecule has 2 aromatic rings. The van der Waals surface area contributed by atoms with Crippen LogP contribution in [0.2, 0.25) is 0 Å². The molecule has 0 bridgehead atoms. The van der Waals surface area contributed by atoms with E-state index in [4.69, 9.17) is 0 Å². The maximum atomic E-state index is 9.94. The smallest absolute Gasteiger partial charge is 0.123 e. The summed E-state index contributed by atoms with van der Waals surface area (Å²) in [6.45, 7) is 2.51. The number of phenols is 1. The van der Waals surface area contributed by atoms with Crippen LogP contribution in [0.25, 0.3) is 0 Å². The van der Waals surface area contributed by atoms with Crippen molar-refractivity contribution in [2.24, 2.45) is 0 Å². The molecule has 2 rings (SSSR count). The molecule has 18 heavy (non-hydrogen) atoms. The molecule has 4 heteroatoms. The van der Waals surface area contributed by atoms with E-state index in [2.05, 4.69) is 49.9 Å². The van der Waals surface area contributed by atoms with Gasteiger partial charge in [0.15, 0.2) is 0 Å². The van der Waals surface area contributed by atoms with E-state index < -0.39 is 0 Å². The Balaban J connectivity index is 2.14. The fourth-order valence-electron chi connectivity index (χ4n) is 1.69. The molecule has 0 saturated heterocycles. The number of nitrogens with one attached hydrogen (secondary N) is 1. The highest BCUT2D eigenvalue weighted by molar-refractivity contribution is 14.1. The second-order valence-electron chi connectivity index (χ2n) is 4.06. The molecule has 2 nitrogen and oxygen atoms in total. The van der Waals surface area contributed by atoms with Gasteiger partial charge in [0.2, 0.25) is 0 Å². The number of hydrogen-bond acceptors (Lipinski definition) is 2. The van der Waals surface area contributed by atoms with Crippen molar-refractivity contribution in [1.82, 2.24) is 0 Å². The van der Waals surface area contributed by atoms with Gasteiger partial charge in [-0.1, -0.05) is 18.2 Å². The predicted molar refractivity (Wildman–Crippen MR) is 87.0 cm³/mol. The second kappa shape index (κ2) is 5.93. The molecule has 0 unspecified atom stereocenters. The number of rotatable bonds is 3. The van der Waals surface area contributed by atoms with Crippen LogP contribution < -0.4 is 5.32 Å². The van der Waals surface area contributed by atoms with Crippen LogP contribution in [0.4, 0.5) is 5.69 Å². The van der Waals surface area contributed by atoms with E-state index in [1.54, 1.807) is 0 Å². The van der Waals surface area contributed by atoms with Crippen LogP contribution in [0.3, 0.4) is 0 Å². The maximum absolute atomic E-state index is 9.94. The molecule has 0 aliphatic rings. The number of halogens is 2. The number of aromatic hydroxyl groups is 1. The molecular formula is C14H13BrINO.